The van der Waals surface area contributed by atoms with Crippen molar-refractivity contribution in [3.63, 3.8) is 0 Å². The van der Waals surface area contributed by atoms with Gasteiger partial charge in [0.15, 0.2) is 5.65 Å². The average Bonchev–Trinajstić information content (AvgIpc) is 2.92. The van der Waals surface area contributed by atoms with E-state index in [0.717, 1.165) is 0 Å². The first-order chi connectivity index (χ1) is 8.29. The second-order valence-electron chi connectivity index (χ2n) is 4.00. The molecule has 0 saturated carbocycles. The van der Waals surface area contributed by atoms with E-state index in [0.29, 0.717) is 17.6 Å². The summed E-state index contributed by atoms with van der Waals surface area (Å²) in [7, 11) is 0. The van der Waals surface area contributed by atoms with Crippen molar-refractivity contribution in [2.75, 3.05) is 6.61 Å². The summed E-state index contributed by atoms with van der Waals surface area (Å²) in [6, 6.07) is 0. The molecular weight excluding hydrogens is 224 g/mol. The third-order valence-corrected chi connectivity index (χ3v) is 2.93. The van der Waals surface area contributed by atoms with Gasteiger partial charge in [-0.15, -0.1) is 0 Å². The van der Waals surface area contributed by atoms with Gasteiger partial charge in [-0.05, 0) is 0 Å². The minimum Gasteiger partial charge on any atom is -0.394 e. The lowest BCUT2D eigenvalue weighted by molar-refractivity contribution is -0.0432. The second-order valence-corrected chi connectivity index (χ2v) is 4.00. The van der Waals surface area contributed by atoms with Gasteiger partial charge < -0.3 is 14.9 Å². The standard InChI is InChI=1S/C10H12N4O3/c15-3-8-7(16)1-9(17-8)14-5-13-6-2-11-4-12-10(6)14/h2,4-5,7-9,15-16H,1,3H2/t7-,8-,9-/m0/s1. The maximum Gasteiger partial charge on any atom is 0.165 e. The van der Waals surface area contributed by atoms with E-state index in [1.165, 1.54) is 6.33 Å². The van der Waals surface area contributed by atoms with Crippen LogP contribution in [0.5, 0.6) is 0 Å². The number of imidazole rings is 1. The Bertz CT molecular complexity index is 529. The summed E-state index contributed by atoms with van der Waals surface area (Å²) >= 11 is 0. The Hall–Kier alpha value is -1.57. The van der Waals surface area contributed by atoms with Crippen LogP contribution in [0.3, 0.4) is 0 Å². The maximum absolute atomic E-state index is 9.68. The molecule has 7 nitrogen and oxygen atoms in total. The van der Waals surface area contributed by atoms with Gasteiger partial charge in [0.05, 0.1) is 25.2 Å². The molecule has 1 fully saturated rings. The van der Waals surface area contributed by atoms with Gasteiger partial charge in [0.25, 0.3) is 0 Å². The van der Waals surface area contributed by atoms with E-state index in [1.807, 2.05) is 0 Å². The molecule has 2 N–H and O–H groups in total. The highest BCUT2D eigenvalue weighted by atomic mass is 16.5. The van der Waals surface area contributed by atoms with Crippen molar-refractivity contribution in [1.82, 2.24) is 19.5 Å². The van der Waals surface area contributed by atoms with Crippen LogP contribution in [0, 0.1) is 0 Å². The van der Waals surface area contributed by atoms with Crippen molar-refractivity contribution in [3.05, 3.63) is 18.9 Å². The molecule has 17 heavy (non-hydrogen) atoms. The zero-order valence-electron chi connectivity index (χ0n) is 8.97. The maximum atomic E-state index is 9.68. The number of aliphatic hydroxyl groups excluding tert-OH is 2. The lowest BCUT2D eigenvalue weighted by Gasteiger charge is -2.13. The predicted octanol–water partition coefficient (Wildman–Crippen LogP) is -0.533. The summed E-state index contributed by atoms with van der Waals surface area (Å²) in [4.78, 5) is 12.2. The summed E-state index contributed by atoms with van der Waals surface area (Å²) in [5, 5.41) is 18.7. The molecule has 3 heterocycles. The number of hydrogen-bond donors (Lipinski definition) is 2. The molecule has 1 saturated heterocycles. The number of ether oxygens (including phenoxy) is 1. The summed E-state index contributed by atoms with van der Waals surface area (Å²) in [5.74, 6) is 0. The van der Waals surface area contributed by atoms with Crippen LogP contribution in [0.2, 0.25) is 0 Å². The Morgan fingerprint density at radius 3 is 3.12 bits per heavy atom. The quantitative estimate of drug-likeness (QED) is 0.728. The van der Waals surface area contributed by atoms with Crippen molar-refractivity contribution in [2.45, 2.75) is 24.9 Å². The number of nitrogens with zero attached hydrogens (tertiary/aromatic N) is 4. The van der Waals surface area contributed by atoms with Crippen molar-refractivity contribution < 1.29 is 14.9 Å². The van der Waals surface area contributed by atoms with Crippen LogP contribution in [-0.4, -0.2) is 48.5 Å². The van der Waals surface area contributed by atoms with Crippen LogP contribution in [0.4, 0.5) is 0 Å². The van der Waals surface area contributed by atoms with E-state index in [4.69, 9.17) is 9.84 Å². The number of aromatic nitrogens is 4. The molecule has 0 aromatic carbocycles. The monoisotopic (exact) mass is 236 g/mol. The smallest absolute Gasteiger partial charge is 0.165 e. The largest absolute Gasteiger partial charge is 0.394 e. The first-order valence-corrected chi connectivity index (χ1v) is 5.36. The fourth-order valence-corrected chi connectivity index (χ4v) is 2.05. The minimum atomic E-state index is -0.663. The van der Waals surface area contributed by atoms with Crippen molar-refractivity contribution in [1.29, 1.82) is 0 Å². The summed E-state index contributed by atoms with van der Waals surface area (Å²) in [6.45, 7) is -0.195. The number of hydrogen-bond acceptors (Lipinski definition) is 6. The normalized spacial score (nSPS) is 28.9. The summed E-state index contributed by atoms with van der Waals surface area (Å²) < 4.78 is 7.28. The Morgan fingerprint density at radius 1 is 1.47 bits per heavy atom. The molecule has 0 spiro atoms. The van der Waals surface area contributed by atoms with Gasteiger partial charge in [-0.3, -0.25) is 4.57 Å². The van der Waals surface area contributed by atoms with E-state index in [1.54, 1.807) is 17.1 Å². The van der Waals surface area contributed by atoms with Crippen molar-refractivity contribution >= 4 is 11.2 Å². The van der Waals surface area contributed by atoms with Crippen LogP contribution in [-0.2, 0) is 4.74 Å². The lowest BCUT2D eigenvalue weighted by atomic mass is 10.2. The summed E-state index contributed by atoms with van der Waals surface area (Å²) in [6.07, 6.45) is 3.53. The zero-order chi connectivity index (χ0) is 11.8. The number of fused-ring (bicyclic) bond motifs is 1. The van der Waals surface area contributed by atoms with Gasteiger partial charge in [0.2, 0.25) is 0 Å². The molecule has 7 heteroatoms. The molecule has 2 aromatic heterocycles. The molecule has 0 radical (unpaired) electrons. The van der Waals surface area contributed by atoms with Crippen LogP contribution in [0.15, 0.2) is 18.9 Å². The molecule has 1 aliphatic heterocycles. The molecule has 0 unspecified atom stereocenters. The summed E-state index contributed by atoms with van der Waals surface area (Å²) in [5.41, 5.74) is 1.34. The highest BCUT2D eigenvalue weighted by molar-refractivity contribution is 5.68. The van der Waals surface area contributed by atoms with Gasteiger partial charge >= 0.3 is 0 Å². The van der Waals surface area contributed by atoms with E-state index < -0.39 is 12.2 Å². The highest BCUT2D eigenvalue weighted by Crippen LogP contribution is 2.30. The lowest BCUT2D eigenvalue weighted by Crippen LogP contribution is -2.24. The van der Waals surface area contributed by atoms with Gasteiger partial charge in [0, 0.05) is 6.42 Å². The molecule has 0 aliphatic carbocycles. The van der Waals surface area contributed by atoms with Gasteiger partial charge in [-0.2, -0.15) is 0 Å². The van der Waals surface area contributed by atoms with E-state index in [-0.39, 0.29) is 12.8 Å². The van der Waals surface area contributed by atoms with E-state index in [2.05, 4.69) is 15.0 Å². The Balaban J connectivity index is 1.95. The minimum absolute atomic E-state index is 0.195. The highest BCUT2D eigenvalue weighted by Gasteiger charge is 2.35. The molecule has 3 atom stereocenters. The molecule has 0 bridgehead atoms. The Kier molecular flexibility index (Phi) is 2.50. The first kappa shape index (κ1) is 10.6. The van der Waals surface area contributed by atoms with Crippen LogP contribution < -0.4 is 0 Å². The Morgan fingerprint density at radius 2 is 2.35 bits per heavy atom. The van der Waals surface area contributed by atoms with Crippen LogP contribution in [0.25, 0.3) is 11.2 Å². The number of rotatable bonds is 2. The van der Waals surface area contributed by atoms with Gasteiger partial charge in [-0.25, -0.2) is 15.0 Å². The molecule has 1 aliphatic rings. The van der Waals surface area contributed by atoms with E-state index >= 15 is 0 Å². The molecule has 0 amide bonds. The molecule has 2 aromatic rings. The Labute approximate surface area is 96.7 Å². The second kappa shape index (κ2) is 4.02. The van der Waals surface area contributed by atoms with Crippen molar-refractivity contribution in [3.8, 4) is 0 Å². The van der Waals surface area contributed by atoms with Crippen molar-refractivity contribution in [2.24, 2.45) is 0 Å². The van der Waals surface area contributed by atoms with Crippen LogP contribution >= 0.6 is 0 Å². The fourth-order valence-electron chi connectivity index (χ4n) is 2.05. The SMILES string of the molecule is OC[C@@H]1O[C@H](n2cnc3cncnc32)C[C@@H]1O. The molecular formula is C10H12N4O3. The first-order valence-electron chi connectivity index (χ1n) is 5.36. The third kappa shape index (κ3) is 1.68. The predicted molar refractivity (Wildman–Crippen MR) is 56.9 cm³/mol. The molecule has 3 rings (SSSR count). The van der Waals surface area contributed by atoms with Crippen LogP contribution in [0.1, 0.15) is 12.6 Å². The van der Waals surface area contributed by atoms with E-state index in [9.17, 15) is 5.11 Å². The van der Waals surface area contributed by atoms with Gasteiger partial charge in [0.1, 0.15) is 24.2 Å². The zero-order valence-corrected chi connectivity index (χ0v) is 8.97. The third-order valence-electron chi connectivity index (χ3n) is 2.93. The average molecular weight is 236 g/mol. The topological polar surface area (TPSA) is 93.3 Å². The molecule has 90 valence electrons. The number of aliphatic hydroxyl groups is 2. The fraction of sp³-hybridized carbons (Fsp3) is 0.500. The van der Waals surface area contributed by atoms with Gasteiger partial charge in [-0.1, -0.05) is 0 Å².